The second-order valence-corrected chi connectivity index (χ2v) is 6.11. The van der Waals surface area contributed by atoms with E-state index in [2.05, 4.69) is 10.2 Å². The minimum atomic E-state index is -0.813. The van der Waals surface area contributed by atoms with Gasteiger partial charge in [-0.05, 0) is 49.9 Å². The summed E-state index contributed by atoms with van der Waals surface area (Å²) in [7, 11) is 0. The van der Waals surface area contributed by atoms with Crippen LogP contribution in [0, 0.1) is 17.6 Å². The lowest BCUT2D eigenvalue weighted by Crippen LogP contribution is -2.47. The molecule has 1 N–H and O–H groups in total. The zero-order valence-corrected chi connectivity index (χ0v) is 11.9. The first kappa shape index (κ1) is 14.4. The maximum atomic E-state index is 13.2. The number of carbonyl (C=O) groups excluding carboxylic acids is 1. The Bertz CT molecular complexity index is 531. The van der Waals surface area contributed by atoms with Gasteiger partial charge in [-0.2, -0.15) is 0 Å². The van der Waals surface area contributed by atoms with E-state index >= 15 is 0 Å². The first-order valence-corrected chi connectivity index (χ1v) is 7.58. The lowest BCUT2D eigenvalue weighted by atomic mass is 10.0. The highest BCUT2D eigenvalue weighted by atomic mass is 19.2. The topological polar surface area (TPSA) is 32.3 Å². The normalized spacial score (nSPS) is 23.0. The molecule has 1 aliphatic carbocycles. The Kier molecular flexibility index (Phi) is 4.19. The summed E-state index contributed by atoms with van der Waals surface area (Å²) in [5.74, 6) is -1.21. The van der Waals surface area contributed by atoms with Crippen LogP contribution in [-0.4, -0.2) is 29.9 Å². The first-order chi connectivity index (χ1) is 10.1. The molecule has 2 fully saturated rings. The number of nitrogens with zero attached hydrogens (tertiary/aromatic N) is 1. The summed E-state index contributed by atoms with van der Waals surface area (Å²) in [5.41, 5.74) is 0.767. The van der Waals surface area contributed by atoms with Crippen LogP contribution in [0.1, 0.15) is 31.2 Å². The molecule has 3 nitrogen and oxygen atoms in total. The van der Waals surface area contributed by atoms with Crippen LogP contribution in [-0.2, 0) is 11.3 Å². The summed E-state index contributed by atoms with van der Waals surface area (Å²) in [6.07, 6.45) is 4.03. The monoisotopic (exact) mass is 294 g/mol. The summed E-state index contributed by atoms with van der Waals surface area (Å²) in [5, 5.41) is 3.10. The number of benzene rings is 1. The Balaban J connectivity index is 1.55. The van der Waals surface area contributed by atoms with Gasteiger partial charge in [-0.15, -0.1) is 0 Å². The van der Waals surface area contributed by atoms with E-state index in [1.54, 1.807) is 6.07 Å². The largest absolute Gasteiger partial charge is 0.352 e. The van der Waals surface area contributed by atoms with Crippen LogP contribution in [0.3, 0.4) is 0 Å². The van der Waals surface area contributed by atoms with Crippen LogP contribution in [0.5, 0.6) is 0 Å². The number of likely N-dealkylation sites (tertiary alicyclic amines) is 1. The summed E-state index contributed by atoms with van der Waals surface area (Å²) in [6, 6.07) is 4.21. The van der Waals surface area contributed by atoms with Crippen molar-refractivity contribution >= 4 is 5.91 Å². The molecule has 0 aromatic heterocycles. The van der Waals surface area contributed by atoms with Gasteiger partial charge in [0.05, 0.1) is 0 Å². The second kappa shape index (κ2) is 6.10. The number of nitrogens with one attached hydrogen (secondary N) is 1. The standard InChI is InChI=1S/C16H20F2N2O/c17-14-6-3-11(8-15(14)18)9-20-7-1-2-13(10-20)19-16(21)12-4-5-12/h3,6,8,12-13H,1-2,4-5,7,9-10H2,(H,19,21). The van der Waals surface area contributed by atoms with Crippen molar-refractivity contribution < 1.29 is 13.6 Å². The van der Waals surface area contributed by atoms with Gasteiger partial charge in [0.15, 0.2) is 11.6 Å². The predicted octanol–water partition coefficient (Wildman–Crippen LogP) is 2.46. The molecule has 1 aromatic carbocycles. The smallest absolute Gasteiger partial charge is 0.223 e. The van der Waals surface area contributed by atoms with Crippen LogP contribution >= 0.6 is 0 Å². The van der Waals surface area contributed by atoms with Crippen molar-refractivity contribution in [3.05, 3.63) is 35.4 Å². The molecule has 1 saturated carbocycles. The molecule has 3 rings (SSSR count). The molecular formula is C16H20F2N2O. The third-order valence-corrected chi connectivity index (χ3v) is 4.19. The Hall–Kier alpha value is -1.49. The Labute approximate surface area is 123 Å². The highest BCUT2D eigenvalue weighted by molar-refractivity contribution is 5.81. The molecule has 114 valence electrons. The molecule has 1 heterocycles. The second-order valence-electron chi connectivity index (χ2n) is 6.11. The average molecular weight is 294 g/mol. The predicted molar refractivity (Wildman–Crippen MR) is 75.5 cm³/mol. The van der Waals surface area contributed by atoms with Crippen LogP contribution in [0.2, 0.25) is 0 Å². The van der Waals surface area contributed by atoms with Crippen molar-refractivity contribution in [1.29, 1.82) is 0 Å². The summed E-state index contributed by atoms with van der Waals surface area (Å²) >= 11 is 0. The fourth-order valence-electron chi connectivity index (χ4n) is 2.88. The summed E-state index contributed by atoms with van der Waals surface area (Å²) in [6.45, 7) is 2.29. The molecule has 1 saturated heterocycles. The molecule has 1 amide bonds. The molecule has 0 spiro atoms. The maximum absolute atomic E-state index is 13.2. The molecule has 0 radical (unpaired) electrons. The van der Waals surface area contributed by atoms with E-state index in [1.165, 1.54) is 12.1 Å². The number of amides is 1. The van der Waals surface area contributed by atoms with Crippen molar-refractivity contribution in [3.63, 3.8) is 0 Å². The van der Waals surface area contributed by atoms with Gasteiger partial charge in [-0.3, -0.25) is 9.69 Å². The van der Waals surface area contributed by atoms with E-state index < -0.39 is 11.6 Å². The minimum absolute atomic E-state index is 0.176. The Morgan fingerprint density at radius 3 is 2.76 bits per heavy atom. The van der Waals surface area contributed by atoms with E-state index in [9.17, 15) is 13.6 Å². The maximum Gasteiger partial charge on any atom is 0.223 e. The molecule has 1 aromatic rings. The average Bonchev–Trinajstić information content (AvgIpc) is 3.28. The number of hydrogen-bond acceptors (Lipinski definition) is 2. The number of piperidine rings is 1. The van der Waals surface area contributed by atoms with Crippen molar-refractivity contribution in [2.45, 2.75) is 38.3 Å². The number of hydrogen-bond donors (Lipinski definition) is 1. The fraction of sp³-hybridized carbons (Fsp3) is 0.562. The van der Waals surface area contributed by atoms with Gasteiger partial charge in [0.2, 0.25) is 5.91 Å². The van der Waals surface area contributed by atoms with E-state index in [4.69, 9.17) is 0 Å². The Morgan fingerprint density at radius 2 is 2.05 bits per heavy atom. The zero-order chi connectivity index (χ0) is 14.8. The van der Waals surface area contributed by atoms with Gasteiger partial charge in [0.1, 0.15) is 0 Å². The van der Waals surface area contributed by atoms with E-state index in [0.29, 0.717) is 6.54 Å². The Morgan fingerprint density at radius 1 is 1.24 bits per heavy atom. The molecule has 1 atom stereocenters. The van der Waals surface area contributed by atoms with Crippen molar-refractivity contribution in [3.8, 4) is 0 Å². The first-order valence-electron chi connectivity index (χ1n) is 7.58. The molecule has 21 heavy (non-hydrogen) atoms. The number of halogens is 2. The third-order valence-electron chi connectivity index (χ3n) is 4.19. The number of carbonyl (C=O) groups is 1. The van der Waals surface area contributed by atoms with Crippen molar-refractivity contribution in [1.82, 2.24) is 10.2 Å². The minimum Gasteiger partial charge on any atom is -0.352 e. The molecule has 1 unspecified atom stereocenters. The van der Waals surface area contributed by atoms with Gasteiger partial charge in [-0.1, -0.05) is 6.07 Å². The van der Waals surface area contributed by atoms with Gasteiger partial charge in [0.25, 0.3) is 0 Å². The molecule has 0 bridgehead atoms. The van der Waals surface area contributed by atoms with Crippen LogP contribution in [0.4, 0.5) is 8.78 Å². The summed E-state index contributed by atoms with van der Waals surface area (Å²) < 4.78 is 26.2. The molecule has 2 aliphatic rings. The van der Waals surface area contributed by atoms with E-state index in [1.807, 2.05) is 0 Å². The highest BCUT2D eigenvalue weighted by Gasteiger charge is 2.32. The van der Waals surface area contributed by atoms with Gasteiger partial charge in [-0.25, -0.2) is 8.78 Å². The van der Waals surface area contributed by atoms with Crippen LogP contribution < -0.4 is 5.32 Å². The molecule has 5 heteroatoms. The number of rotatable bonds is 4. The SMILES string of the molecule is O=C(NC1CCCN(Cc2ccc(F)c(F)c2)C1)C1CC1. The lowest BCUT2D eigenvalue weighted by Gasteiger charge is -2.33. The lowest BCUT2D eigenvalue weighted by molar-refractivity contribution is -0.123. The van der Waals surface area contributed by atoms with Crippen molar-refractivity contribution in [2.24, 2.45) is 5.92 Å². The van der Waals surface area contributed by atoms with Crippen LogP contribution in [0.25, 0.3) is 0 Å². The molecular weight excluding hydrogens is 274 g/mol. The van der Waals surface area contributed by atoms with Gasteiger partial charge in [0, 0.05) is 25.0 Å². The zero-order valence-electron chi connectivity index (χ0n) is 11.9. The highest BCUT2D eigenvalue weighted by Crippen LogP contribution is 2.29. The van der Waals surface area contributed by atoms with Gasteiger partial charge < -0.3 is 5.32 Å². The quantitative estimate of drug-likeness (QED) is 0.925. The third kappa shape index (κ3) is 3.79. The van der Waals surface area contributed by atoms with Crippen molar-refractivity contribution in [2.75, 3.05) is 13.1 Å². The molecule has 1 aliphatic heterocycles. The van der Waals surface area contributed by atoms with Gasteiger partial charge >= 0.3 is 0 Å². The van der Waals surface area contributed by atoms with E-state index in [0.717, 1.165) is 44.3 Å². The fourth-order valence-corrected chi connectivity index (χ4v) is 2.88. The summed E-state index contributed by atoms with van der Waals surface area (Å²) in [4.78, 5) is 14.0. The van der Waals surface area contributed by atoms with E-state index in [-0.39, 0.29) is 17.9 Å². The van der Waals surface area contributed by atoms with Crippen LogP contribution in [0.15, 0.2) is 18.2 Å².